The molecule has 0 atom stereocenters. The molecule has 0 bridgehead atoms. The van der Waals surface area contributed by atoms with Gasteiger partial charge in [0.2, 0.25) is 0 Å². The van der Waals surface area contributed by atoms with Gasteiger partial charge in [-0.1, -0.05) is 18.2 Å². The lowest BCUT2D eigenvalue weighted by Crippen LogP contribution is -2.50. The van der Waals surface area contributed by atoms with E-state index < -0.39 is 0 Å². The molecule has 2 aliphatic heterocycles. The average Bonchev–Trinajstić information content (AvgIpc) is 2.56. The number of piperidine rings is 1. The molecule has 114 valence electrons. The minimum atomic E-state index is 0.182. The predicted octanol–water partition coefficient (Wildman–Crippen LogP) is 2.71. The Balaban J connectivity index is 1.57. The second-order valence-corrected chi connectivity index (χ2v) is 6.09. The quantitative estimate of drug-likeness (QED) is 0.924. The maximum atomic E-state index is 12.6. The van der Waals surface area contributed by atoms with Crippen LogP contribution in [0.15, 0.2) is 30.3 Å². The van der Waals surface area contributed by atoms with E-state index in [9.17, 15) is 4.79 Å². The van der Waals surface area contributed by atoms with E-state index in [2.05, 4.69) is 5.32 Å². The molecule has 1 aromatic rings. The van der Waals surface area contributed by atoms with Gasteiger partial charge >= 0.3 is 6.03 Å². The first-order valence-corrected chi connectivity index (χ1v) is 8.17. The van der Waals surface area contributed by atoms with Gasteiger partial charge < -0.3 is 10.2 Å². The SMILES string of the molecule is O=C1N(CCC2CCNCC2)CCCN1c1ccccc1. The molecule has 2 amide bonds. The zero-order valence-electron chi connectivity index (χ0n) is 12.6. The molecule has 0 spiro atoms. The number of carbonyl (C=O) groups is 1. The Morgan fingerprint density at radius 3 is 2.62 bits per heavy atom. The van der Waals surface area contributed by atoms with E-state index in [0.29, 0.717) is 0 Å². The maximum absolute atomic E-state index is 12.6. The molecule has 3 rings (SSSR count). The zero-order valence-corrected chi connectivity index (χ0v) is 12.6. The third-order valence-corrected chi connectivity index (χ3v) is 4.65. The molecule has 0 aromatic heterocycles. The van der Waals surface area contributed by atoms with Crippen LogP contribution in [0.5, 0.6) is 0 Å². The minimum Gasteiger partial charge on any atom is -0.324 e. The summed E-state index contributed by atoms with van der Waals surface area (Å²) in [7, 11) is 0. The molecule has 2 heterocycles. The van der Waals surface area contributed by atoms with Crippen LogP contribution in [-0.2, 0) is 0 Å². The summed E-state index contributed by atoms with van der Waals surface area (Å²) in [4.78, 5) is 16.6. The molecule has 2 saturated heterocycles. The summed E-state index contributed by atoms with van der Waals surface area (Å²) in [6, 6.07) is 10.2. The molecule has 4 nitrogen and oxygen atoms in total. The Kier molecular flexibility index (Phi) is 4.76. The summed E-state index contributed by atoms with van der Waals surface area (Å²) in [5.74, 6) is 0.783. The number of hydrogen-bond donors (Lipinski definition) is 1. The molecular formula is C17H25N3O. The highest BCUT2D eigenvalue weighted by atomic mass is 16.2. The molecule has 2 fully saturated rings. The molecule has 2 aliphatic rings. The standard InChI is InChI=1S/C17H25N3O/c21-17-19(14-9-15-7-10-18-11-8-15)12-4-13-20(17)16-5-2-1-3-6-16/h1-3,5-6,15,18H,4,7-14H2. The van der Waals surface area contributed by atoms with Gasteiger partial charge in [-0.15, -0.1) is 0 Å². The molecule has 0 aliphatic carbocycles. The van der Waals surface area contributed by atoms with Crippen LogP contribution in [-0.4, -0.2) is 43.7 Å². The fraction of sp³-hybridized carbons (Fsp3) is 0.588. The van der Waals surface area contributed by atoms with Gasteiger partial charge in [-0.05, 0) is 56.8 Å². The third kappa shape index (κ3) is 3.56. The summed E-state index contributed by atoms with van der Waals surface area (Å²) in [6.45, 7) is 4.93. The van der Waals surface area contributed by atoms with Crippen molar-refractivity contribution in [2.45, 2.75) is 25.7 Å². The van der Waals surface area contributed by atoms with Crippen molar-refractivity contribution < 1.29 is 4.79 Å². The first-order valence-electron chi connectivity index (χ1n) is 8.17. The first kappa shape index (κ1) is 14.4. The van der Waals surface area contributed by atoms with Gasteiger partial charge in [-0.25, -0.2) is 4.79 Å². The van der Waals surface area contributed by atoms with Crippen LogP contribution in [0.3, 0.4) is 0 Å². The van der Waals surface area contributed by atoms with Gasteiger partial charge in [0.05, 0.1) is 0 Å². The molecule has 1 N–H and O–H groups in total. The Hall–Kier alpha value is -1.55. The van der Waals surface area contributed by atoms with Crippen LogP contribution in [0.2, 0.25) is 0 Å². The van der Waals surface area contributed by atoms with Crippen molar-refractivity contribution in [2.75, 3.05) is 37.6 Å². The second kappa shape index (κ2) is 6.94. The number of nitrogens with zero attached hydrogens (tertiary/aromatic N) is 2. The highest BCUT2D eigenvalue weighted by Crippen LogP contribution is 2.22. The van der Waals surface area contributed by atoms with Crippen LogP contribution in [0.25, 0.3) is 0 Å². The van der Waals surface area contributed by atoms with Gasteiger partial charge in [0.15, 0.2) is 0 Å². The van der Waals surface area contributed by atoms with E-state index >= 15 is 0 Å². The largest absolute Gasteiger partial charge is 0.324 e. The number of carbonyl (C=O) groups excluding carboxylic acids is 1. The Bertz CT molecular complexity index is 456. The van der Waals surface area contributed by atoms with Gasteiger partial charge in [-0.3, -0.25) is 4.90 Å². The van der Waals surface area contributed by atoms with Crippen molar-refractivity contribution in [1.82, 2.24) is 10.2 Å². The summed E-state index contributed by atoms with van der Waals surface area (Å²) in [5, 5.41) is 3.40. The predicted molar refractivity (Wildman–Crippen MR) is 85.6 cm³/mol. The summed E-state index contributed by atoms with van der Waals surface area (Å²) >= 11 is 0. The lowest BCUT2D eigenvalue weighted by Gasteiger charge is -2.36. The van der Waals surface area contributed by atoms with Crippen LogP contribution in [0, 0.1) is 5.92 Å². The molecule has 21 heavy (non-hydrogen) atoms. The number of nitrogens with one attached hydrogen (secondary N) is 1. The van der Waals surface area contributed by atoms with Crippen LogP contribution in [0.4, 0.5) is 10.5 Å². The Morgan fingerprint density at radius 2 is 1.86 bits per heavy atom. The van der Waals surface area contributed by atoms with E-state index in [1.54, 1.807) is 0 Å². The number of rotatable bonds is 4. The Labute approximate surface area is 127 Å². The van der Waals surface area contributed by atoms with E-state index in [0.717, 1.165) is 57.2 Å². The molecule has 0 unspecified atom stereocenters. The highest BCUT2D eigenvalue weighted by molar-refractivity contribution is 5.92. The lowest BCUT2D eigenvalue weighted by atomic mass is 9.94. The average molecular weight is 287 g/mol. The fourth-order valence-electron chi connectivity index (χ4n) is 3.35. The summed E-state index contributed by atoms with van der Waals surface area (Å²) in [5.41, 5.74) is 1.02. The van der Waals surface area contributed by atoms with Crippen molar-refractivity contribution in [2.24, 2.45) is 5.92 Å². The van der Waals surface area contributed by atoms with E-state index in [1.165, 1.54) is 12.8 Å². The topological polar surface area (TPSA) is 35.6 Å². The summed E-state index contributed by atoms with van der Waals surface area (Å²) in [6.07, 6.45) is 4.72. The normalized spacial score (nSPS) is 20.9. The lowest BCUT2D eigenvalue weighted by molar-refractivity contribution is 0.188. The molecular weight excluding hydrogens is 262 g/mol. The van der Waals surface area contributed by atoms with Gasteiger partial charge in [0.1, 0.15) is 0 Å². The van der Waals surface area contributed by atoms with Crippen LogP contribution in [0.1, 0.15) is 25.7 Å². The molecule has 0 radical (unpaired) electrons. The van der Waals surface area contributed by atoms with Crippen LogP contribution < -0.4 is 10.2 Å². The van der Waals surface area contributed by atoms with E-state index in [1.807, 2.05) is 40.1 Å². The van der Waals surface area contributed by atoms with E-state index in [-0.39, 0.29) is 6.03 Å². The Morgan fingerprint density at radius 1 is 1.10 bits per heavy atom. The highest BCUT2D eigenvalue weighted by Gasteiger charge is 2.27. The number of hydrogen-bond acceptors (Lipinski definition) is 2. The second-order valence-electron chi connectivity index (χ2n) is 6.09. The number of benzene rings is 1. The fourth-order valence-corrected chi connectivity index (χ4v) is 3.35. The minimum absolute atomic E-state index is 0.182. The van der Waals surface area contributed by atoms with Gasteiger partial charge in [0.25, 0.3) is 0 Å². The molecule has 0 saturated carbocycles. The summed E-state index contributed by atoms with van der Waals surface area (Å²) < 4.78 is 0. The van der Waals surface area contributed by atoms with Crippen molar-refractivity contribution in [1.29, 1.82) is 0 Å². The monoisotopic (exact) mass is 287 g/mol. The number of anilines is 1. The first-order chi connectivity index (χ1) is 10.3. The van der Waals surface area contributed by atoms with Crippen molar-refractivity contribution in [3.05, 3.63) is 30.3 Å². The van der Waals surface area contributed by atoms with Gasteiger partial charge in [0, 0.05) is 25.3 Å². The van der Waals surface area contributed by atoms with Crippen molar-refractivity contribution >= 4 is 11.7 Å². The smallest absolute Gasteiger partial charge is 0.324 e. The maximum Gasteiger partial charge on any atom is 0.324 e. The molecule has 4 heteroatoms. The van der Waals surface area contributed by atoms with Crippen LogP contribution >= 0.6 is 0 Å². The van der Waals surface area contributed by atoms with E-state index in [4.69, 9.17) is 0 Å². The van der Waals surface area contributed by atoms with Crippen molar-refractivity contribution in [3.63, 3.8) is 0 Å². The van der Waals surface area contributed by atoms with Crippen molar-refractivity contribution in [3.8, 4) is 0 Å². The number of amides is 2. The number of urea groups is 1. The third-order valence-electron chi connectivity index (χ3n) is 4.65. The number of para-hydroxylation sites is 1. The molecule has 1 aromatic carbocycles. The zero-order chi connectivity index (χ0) is 14.5. The van der Waals surface area contributed by atoms with Gasteiger partial charge in [-0.2, -0.15) is 0 Å².